The van der Waals surface area contributed by atoms with E-state index in [2.05, 4.69) is 35.2 Å². The van der Waals surface area contributed by atoms with Crippen LogP contribution in [-0.4, -0.2) is 55.6 Å². The summed E-state index contributed by atoms with van der Waals surface area (Å²) in [6.45, 7) is 9.30. The molecule has 32 heavy (non-hydrogen) atoms. The SMILES string of the molecule is C[C@H]1CC2(CCN1CC1CCC1)C(N[C@@H]1CC[Si](C)(C)C1)=NC(=O)N2c1cccc(F)c1. The Kier molecular flexibility index (Phi) is 5.69. The fourth-order valence-corrected chi connectivity index (χ4v) is 9.37. The first-order valence-corrected chi connectivity index (χ1v) is 15.9. The van der Waals surface area contributed by atoms with Gasteiger partial charge in [0, 0.05) is 38.9 Å². The smallest absolute Gasteiger partial charge is 0.350 e. The second-order valence-electron chi connectivity index (χ2n) is 11.4. The van der Waals surface area contributed by atoms with Gasteiger partial charge in [-0.3, -0.25) is 4.90 Å². The molecule has 1 saturated carbocycles. The summed E-state index contributed by atoms with van der Waals surface area (Å²) < 4.78 is 14.1. The summed E-state index contributed by atoms with van der Waals surface area (Å²) in [5.41, 5.74) is 0.116. The molecule has 2 amide bonds. The lowest BCUT2D eigenvalue weighted by molar-refractivity contribution is 0.0899. The normalized spacial score (nSPS) is 32.9. The highest BCUT2D eigenvalue weighted by Crippen LogP contribution is 2.42. The van der Waals surface area contributed by atoms with E-state index in [0.29, 0.717) is 17.8 Å². The number of hydrogen-bond acceptors (Lipinski definition) is 3. The van der Waals surface area contributed by atoms with Gasteiger partial charge in [0.1, 0.15) is 17.2 Å². The van der Waals surface area contributed by atoms with Gasteiger partial charge in [-0.05, 0) is 69.2 Å². The molecule has 5 nitrogen and oxygen atoms in total. The van der Waals surface area contributed by atoms with Crippen molar-refractivity contribution in [3.8, 4) is 0 Å². The number of aliphatic imine (C=N–C) groups is 1. The number of nitrogens with zero attached hydrogens (tertiary/aromatic N) is 3. The summed E-state index contributed by atoms with van der Waals surface area (Å²) >= 11 is 0. The van der Waals surface area contributed by atoms with Crippen molar-refractivity contribution < 1.29 is 9.18 Å². The average Bonchev–Trinajstić information content (AvgIpc) is 3.16. The fourth-order valence-electron chi connectivity index (χ4n) is 6.40. The van der Waals surface area contributed by atoms with Crippen molar-refractivity contribution in [3.05, 3.63) is 30.1 Å². The third kappa shape index (κ3) is 4.02. The van der Waals surface area contributed by atoms with Crippen LogP contribution in [0.5, 0.6) is 0 Å². The Hall–Kier alpha value is -1.73. The van der Waals surface area contributed by atoms with Crippen LogP contribution in [-0.2, 0) is 0 Å². The minimum atomic E-state index is -1.16. The highest BCUT2D eigenvalue weighted by molar-refractivity contribution is 6.78. The summed E-state index contributed by atoms with van der Waals surface area (Å²) in [6, 6.07) is 9.49. The maximum atomic E-state index is 14.1. The zero-order valence-electron chi connectivity index (χ0n) is 19.7. The van der Waals surface area contributed by atoms with Gasteiger partial charge in [-0.2, -0.15) is 4.99 Å². The molecule has 5 rings (SSSR count). The molecule has 3 aliphatic heterocycles. The van der Waals surface area contributed by atoms with Crippen molar-refractivity contribution in [1.82, 2.24) is 10.2 Å². The molecule has 0 radical (unpaired) electrons. The fraction of sp³-hybridized carbons (Fsp3) is 0.680. The summed E-state index contributed by atoms with van der Waals surface area (Å²) in [5.74, 6) is 1.34. The van der Waals surface area contributed by atoms with E-state index in [0.717, 1.165) is 44.1 Å². The third-order valence-corrected chi connectivity index (χ3v) is 11.7. The molecule has 1 aromatic carbocycles. The van der Waals surface area contributed by atoms with Gasteiger partial charge in [0.25, 0.3) is 0 Å². The zero-order chi connectivity index (χ0) is 22.5. The van der Waals surface area contributed by atoms with Crippen LogP contribution in [0.1, 0.15) is 45.4 Å². The maximum absolute atomic E-state index is 14.1. The summed E-state index contributed by atoms with van der Waals surface area (Å²) in [7, 11) is -1.16. The van der Waals surface area contributed by atoms with Gasteiger partial charge >= 0.3 is 6.03 Å². The van der Waals surface area contributed by atoms with Crippen LogP contribution in [0.2, 0.25) is 25.2 Å². The number of halogens is 1. The van der Waals surface area contributed by atoms with E-state index in [1.54, 1.807) is 11.0 Å². The number of piperidine rings is 1. The molecule has 2 saturated heterocycles. The van der Waals surface area contributed by atoms with Crippen LogP contribution < -0.4 is 10.2 Å². The van der Waals surface area contributed by atoms with Crippen LogP contribution in [0, 0.1) is 11.7 Å². The van der Waals surface area contributed by atoms with Crippen LogP contribution in [0.3, 0.4) is 0 Å². The van der Waals surface area contributed by atoms with Crippen molar-refractivity contribution in [2.45, 2.75) is 88.3 Å². The summed E-state index contributed by atoms with van der Waals surface area (Å²) in [6.07, 6.45) is 6.88. The van der Waals surface area contributed by atoms with Gasteiger partial charge in [-0.1, -0.05) is 31.6 Å². The molecule has 3 atom stereocenters. The van der Waals surface area contributed by atoms with Crippen LogP contribution in [0.4, 0.5) is 14.9 Å². The van der Waals surface area contributed by atoms with Crippen molar-refractivity contribution in [2.75, 3.05) is 18.0 Å². The standard InChI is InChI=1S/C25H37FN4OSi/c1-18-15-25(11-12-29(18)16-19-6-4-7-19)23(27-21-10-13-32(2,3)17-21)28-24(31)30(25)22-9-5-8-20(26)14-22/h5,8-9,14,18-19,21H,4,6-7,10-13,15-17H2,1-3H3,(H,27,28,31)/t18-,21+,25?/m0/s1. The van der Waals surface area contributed by atoms with E-state index in [-0.39, 0.29) is 11.8 Å². The Morgan fingerprint density at radius 1 is 1.28 bits per heavy atom. The molecule has 1 N–H and O–H groups in total. The number of likely N-dealkylation sites (tertiary alicyclic amines) is 1. The van der Waals surface area contributed by atoms with E-state index < -0.39 is 13.6 Å². The van der Waals surface area contributed by atoms with E-state index in [9.17, 15) is 9.18 Å². The number of benzene rings is 1. The van der Waals surface area contributed by atoms with E-state index >= 15 is 0 Å². The minimum Gasteiger partial charge on any atom is -0.369 e. The Morgan fingerprint density at radius 2 is 2.09 bits per heavy atom. The molecule has 1 aromatic rings. The molecule has 1 spiro atoms. The molecule has 0 bridgehead atoms. The van der Waals surface area contributed by atoms with E-state index in [1.165, 1.54) is 43.5 Å². The zero-order valence-corrected chi connectivity index (χ0v) is 20.7. The van der Waals surface area contributed by atoms with Gasteiger partial charge < -0.3 is 10.2 Å². The highest BCUT2D eigenvalue weighted by atomic mass is 28.3. The number of anilines is 1. The number of urea groups is 1. The van der Waals surface area contributed by atoms with Gasteiger partial charge in [-0.15, -0.1) is 0 Å². The number of amidine groups is 1. The number of hydrogen-bond donors (Lipinski definition) is 1. The molecule has 0 aromatic heterocycles. The molecule has 4 aliphatic rings. The monoisotopic (exact) mass is 456 g/mol. The van der Waals surface area contributed by atoms with Crippen molar-refractivity contribution >= 4 is 25.6 Å². The summed E-state index contributed by atoms with van der Waals surface area (Å²) in [5, 5.41) is 3.75. The van der Waals surface area contributed by atoms with Gasteiger partial charge in [0.2, 0.25) is 0 Å². The molecule has 1 aliphatic carbocycles. The van der Waals surface area contributed by atoms with Crippen LogP contribution in [0.25, 0.3) is 0 Å². The van der Waals surface area contributed by atoms with Crippen LogP contribution in [0.15, 0.2) is 29.3 Å². The predicted octanol–water partition coefficient (Wildman–Crippen LogP) is 5.26. The number of carbonyl (C=O) groups is 1. The Morgan fingerprint density at radius 3 is 2.72 bits per heavy atom. The number of rotatable bonds is 4. The summed E-state index contributed by atoms with van der Waals surface area (Å²) in [4.78, 5) is 22.2. The maximum Gasteiger partial charge on any atom is 0.350 e. The lowest BCUT2D eigenvalue weighted by Gasteiger charge is -2.49. The molecular formula is C25H37FN4OSi. The molecular weight excluding hydrogens is 419 g/mol. The van der Waals surface area contributed by atoms with Crippen molar-refractivity contribution in [3.63, 3.8) is 0 Å². The van der Waals surface area contributed by atoms with E-state index in [1.807, 2.05) is 6.07 Å². The molecule has 3 fully saturated rings. The second kappa shape index (κ2) is 8.24. The minimum absolute atomic E-state index is 0.257. The van der Waals surface area contributed by atoms with Gasteiger partial charge in [-0.25, -0.2) is 9.18 Å². The predicted molar refractivity (Wildman–Crippen MR) is 131 cm³/mol. The average molecular weight is 457 g/mol. The Bertz CT molecular complexity index is 917. The quantitative estimate of drug-likeness (QED) is 0.629. The van der Waals surface area contributed by atoms with Crippen molar-refractivity contribution in [1.29, 1.82) is 0 Å². The van der Waals surface area contributed by atoms with Crippen LogP contribution >= 0.6 is 0 Å². The highest BCUT2D eigenvalue weighted by Gasteiger charge is 2.54. The number of carbonyl (C=O) groups excluding carboxylic acids is 1. The number of amides is 2. The molecule has 1 unspecified atom stereocenters. The van der Waals surface area contributed by atoms with E-state index in [4.69, 9.17) is 0 Å². The van der Waals surface area contributed by atoms with Gasteiger partial charge in [0.15, 0.2) is 0 Å². The Balaban J connectivity index is 1.43. The first kappa shape index (κ1) is 22.1. The molecule has 174 valence electrons. The lowest BCUT2D eigenvalue weighted by atomic mass is 9.79. The molecule has 7 heteroatoms. The van der Waals surface area contributed by atoms with Gasteiger partial charge in [0.05, 0.1) is 0 Å². The largest absolute Gasteiger partial charge is 0.369 e. The Labute approximate surface area is 192 Å². The third-order valence-electron chi connectivity index (χ3n) is 8.43. The first-order chi connectivity index (χ1) is 15.3. The molecule has 3 heterocycles. The first-order valence-electron chi connectivity index (χ1n) is 12.5. The van der Waals surface area contributed by atoms with Crippen molar-refractivity contribution in [2.24, 2.45) is 10.9 Å². The lowest BCUT2D eigenvalue weighted by Crippen LogP contribution is -2.64. The topological polar surface area (TPSA) is 47.9 Å². The number of nitrogens with one attached hydrogen (secondary N) is 1. The second-order valence-corrected chi connectivity index (χ2v) is 16.7.